The summed E-state index contributed by atoms with van der Waals surface area (Å²) in [4.78, 5) is 20.1. The van der Waals surface area contributed by atoms with Gasteiger partial charge < -0.3 is 10.0 Å². The number of benzene rings is 2. The highest BCUT2D eigenvalue weighted by Gasteiger charge is 2.38. The summed E-state index contributed by atoms with van der Waals surface area (Å²) in [5, 5.41) is 11.1. The van der Waals surface area contributed by atoms with Gasteiger partial charge in [0.1, 0.15) is 5.82 Å². The van der Waals surface area contributed by atoms with Crippen LogP contribution in [0.3, 0.4) is 0 Å². The van der Waals surface area contributed by atoms with Gasteiger partial charge in [0.05, 0.1) is 17.7 Å². The van der Waals surface area contributed by atoms with Gasteiger partial charge in [-0.3, -0.25) is 9.78 Å². The van der Waals surface area contributed by atoms with E-state index < -0.39 is 5.41 Å². The van der Waals surface area contributed by atoms with Crippen molar-refractivity contribution in [2.24, 2.45) is 5.41 Å². The summed E-state index contributed by atoms with van der Waals surface area (Å²) in [7, 11) is 0. The van der Waals surface area contributed by atoms with Crippen LogP contribution in [0.2, 0.25) is 0 Å². The number of amides is 1. The summed E-state index contributed by atoms with van der Waals surface area (Å²) < 4.78 is 14.3. The molecule has 2 heterocycles. The summed E-state index contributed by atoms with van der Waals surface area (Å²) in [5.74, 6) is -0.315. The van der Waals surface area contributed by atoms with E-state index in [0.29, 0.717) is 30.6 Å². The molecule has 0 bridgehead atoms. The molecule has 0 aliphatic carbocycles. The maximum atomic E-state index is 14.3. The molecule has 3 aromatic rings. The molecule has 1 aromatic heterocycles. The van der Waals surface area contributed by atoms with E-state index in [2.05, 4.69) is 4.98 Å². The van der Waals surface area contributed by atoms with E-state index in [1.54, 1.807) is 12.1 Å². The third kappa shape index (κ3) is 4.07. The fourth-order valence-corrected chi connectivity index (χ4v) is 4.76. The number of rotatable bonds is 4. The molecule has 1 aliphatic rings. The van der Waals surface area contributed by atoms with Crippen LogP contribution in [0.15, 0.2) is 42.5 Å². The predicted molar refractivity (Wildman–Crippen MR) is 121 cm³/mol. The highest BCUT2D eigenvalue weighted by atomic mass is 19.1. The average molecular weight is 421 g/mol. The van der Waals surface area contributed by atoms with Crippen molar-refractivity contribution in [3.05, 3.63) is 76.2 Å². The summed E-state index contributed by atoms with van der Waals surface area (Å²) in [5.41, 5.74) is 4.58. The SMILES string of the molecule is Cc1cc(C(=O)N2CCC[C@](CO)(Cc3ccccc3F)C2)c2ccc(C)c(C)c2n1. The molecule has 1 saturated heterocycles. The van der Waals surface area contributed by atoms with Crippen molar-refractivity contribution in [2.45, 2.75) is 40.0 Å². The van der Waals surface area contributed by atoms with Crippen LogP contribution >= 0.6 is 0 Å². The number of aliphatic hydroxyl groups excluding tert-OH is 1. The molecule has 0 radical (unpaired) electrons. The number of piperidine rings is 1. The van der Waals surface area contributed by atoms with Gasteiger partial charge >= 0.3 is 0 Å². The Morgan fingerprint density at radius 3 is 2.71 bits per heavy atom. The van der Waals surface area contributed by atoms with Gasteiger partial charge in [0.15, 0.2) is 0 Å². The van der Waals surface area contributed by atoms with Crippen molar-refractivity contribution in [3.8, 4) is 0 Å². The van der Waals surface area contributed by atoms with Crippen molar-refractivity contribution >= 4 is 16.8 Å². The smallest absolute Gasteiger partial charge is 0.254 e. The standard InChI is InChI=1S/C26H29FN2O2/c1-17-9-10-21-22(13-18(2)28-24(21)19(17)3)25(31)29-12-6-11-26(15-29,16-30)14-20-7-4-5-8-23(20)27/h4-5,7-10,13,30H,6,11-12,14-16H2,1-3H3/t26-/m0/s1. The zero-order valence-electron chi connectivity index (χ0n) is 18.4. The molecular formula is C26H29FN2O2. The lowest BCUT2D eigenvalue weighted by Crippen LogP contribution is -2.49. The second kappa shape index (κ2) is 8.39. The monoisotopic (exact) mass is 420 g/mol. The molecule has 5 heteroatoms. The average Bonchev–Trinajstić information content (AvgIpc) is 2.77. The Morgan fingerprint density at radius 1 is 1.19 bits per heavy atom. The second-order valence-corrected chi connectivity index (χ2v) is 8.97. The minimum atomic E-state index is -0.541. The molecule has 0 unspecified atom stereocenters. The Bertz CT molecular complexity index is 1140. The largest absolute Gasteiger partial charge is 0.396 e. The Kier molecular flexibility index (Phi) is 5.80. The molecule has 1 amide bonds. The molecule has 1 fully saturated rings. The van der Waals surface area contributed by atoms with Gasteiger partial charge in [0.25, 0.3) is 5.91 Å². The summed E-state index contributed by atoms with van der Waals surface area (Å²) >= 11 is 0. The fourth-order valence-electron chi connectivity index (χ4n) is 4.76. The van der Waals surface area contributed by atoms with E-state index in [1.165, 1.54) is 6.07 Å². The molecular weight excluding hydrogens is 391 g/mol. The molecule has 2 aromatic carbocycles. The minimum Gasteiger partial charge on any atom is -0.396 e. The minimum absolute atomic E-state index is 0.0511. The van der Waals surface area contributed by atoms with Gasteiger partial charge in [-0.2, -0.15) is 0 Å². The number of fused-ring (bicyclic) bond motifs is 1. The van der Waals surface area contributed by atoms with E-state index in [4.69, 9.17) is 0 Å². The zero-order valence-corrected chi connectivity index (χ0v) is 18.4. The molecule has 0 saturated carbocycles. The highest BCUT2D eigenvalue weighted by Crippen LogP contribution is 2.35. The summed E-state index contributed by atoms with van der Waals surface area (Å²) in [6, 6.07) is 12.5. The first-order valence-electron chi connectivity index (χ1n) is 10.8. The normalized spacial score (nSPS) is 19.1. The maximum absolute atomic E-state index is 14.3. The van der Waals surface area contributed by atoms with Crippen LogP contribution in [0.25, 0.3) is 10.9 Å². The van der Waals surface area contributed by atoms with Crippen LogP contribution in [0.5, 0.6) is 0 Å². The van der Waals surface area contributed by atoms with E-state index >= 15 is 0 Å². The molecule has 1 N–H and O–H groups in total. The van der Waals surface area contributed by atoms with Crippen LogP contribution in [0.4, 0.5) is 4.39 Å². The van der Waals surface area contributed by atoms with Crippen LogP contribution in [-0.4, -0.2) is 40.6 Å². The molecule has 162 valence electrons. The number of hydrogen-bond donors (Lipinski definition) is 1. The van der Waals surface area contributed by atoms with E-state index in [1.807, 2.05) is 49.9 Å². The van der Waals surface area contributed by atoms with Crippen LogP contribution in [0.1, 0.15) is 45.6 Å². The molecule has 31 heavy (non-hydrogen) atoms. The van der Waals surface area contributed by atoms with Crippen molar-refractivity contribution in [3.63, 3.8) is 0 Å². The van der Waals surface area contributed by atoms with Gasteiger partial charge in [-0.25, -0.2) is 4.39 Å². The van der Waals surface area contributed by atoms with Gasteiger partial charge in [-0.1, -0.05) is 30.3 Å². The highest BCUT2D eigenvalue weighted by molar-refractivity contribution is 6.07. The van der Waals surface area contributed by atoms with Gasteiger partial charge in [-0.05, 0) is 68.9 Å². The molecule has 1 aliphatic heterocycles. The number of nitrogens with zero attached hydrogens (tertiary/aromatic N) is 2. The molecule has 4 rings (SSSR count). The number of likely N-dealkylation sites (tertiary alicyclic amines) is 1. The van der Waals surface area contributed by atoms with Gasteiger partial charge in [0.2, 0.25) is 0 Å². The lowest BCUT2D eigenvalue weighted by Gasteiger charge is -2.42. The Morgan fingerprint density at radius 2 is 1.97 bits per heavy atom. The number of hydrogen-bond acceptors (Lipinski definition) is 3. The number of aryl methyl sites for hydroxylation is 3. The van der Waals surface area contributed by atoms with Crippen molar-refractivity contribution in [1.82, 2.24) is 9.88 Å². The third-order valence-electron chi connectivity index (χ3n) is 6.67. The van der Waals surface area contributed by atoms with Crippen molar-refractivity contribution in [1.29, 1.82) is 0 Å². The lowest BCUT2D eigenvalue weighted by molar-refractivity contribution is 0.0269. The maximum Gasteiger partial charge on any atom is 0.254 e. The Hall–Kier alpha value is -2.79. The third-order valence-corrected chi connectivity index (χ3v) is 6.67. The van der Waals surface area contributed by atoms with Crippen LogP contribution in [-0.2, 0) is 6.42 Å². The quantitative estimate of drug-likeness (QED) is 0.662. The van der Waals surface area contributed by atoms with Gasteiger partial charge in [0, 0.05) is 29.6 Å². The first-order chi connectivity index (χ1) is 14.8. The molecule has 0 spiro atoms. The van der Waals surface area contributed by atoms with E-state index in [9.17, 15) is 14.3 Å². The van der Waals surface area contributed by atoms with E-state index in [0.717, 1.165) is 40.6 Å². The summed E-state index contributed by atoms with van der Waals surface area (Å²) in [6.45, 7) is 6.94. The first-order valence-corrected chi connectivity index (χ1v) is 10.8. The number of carbonyl (C=O) groups excluding carboxylic acids is 1. The first kappa shape index (κ1) is 21.4. The number of carbonyl (C=O) groups is 1. The van der Waals surface area contributed by atoms with Crippen molar-refractivity contribution < 1.29 is 14.3 Å². The number of halogens is 1. The Labute approximate surface area is 182 Å². The molecule has 4 nitrogen and oxygen atoms in total. The zero-order chi connectivity index (χ0) is 22.2. The van der Waals surface area contributed by atoms with E-state index in [-0.39, 0.29) is 18.3 Å². The number of pyridine rings is 1. The number of aromatic nitrogens is 1. The van der Waals surface area contributed by atoms with Crippen LogP contribution in [0, 0.1) is 32.0 Å². The van der Waals surface area contributed by atoms with Crippen LogP contribution < -0.4 is 0 Å². The second-order valence-electron chi connectivity index (χ2n) is 8.97. The lowest BCUT2D eigenvalue weighted by atomic mass is 9.75. The fraction of sp³-hybridized carbons (Fsp3) is 0.385. The predicted octanol–water partition coefficient (Wildman–Crippen LogP) is 4.76. The Balaban J connectivity index is 1.68. The number of aliphatic hydroxyl groups is 1. The molecule has 1 atom stereocenters. The topological polar surface area (TPSA) is 53.4 Å². The van der Waals surface area contributed by atoms with Crippen molar-refractivity contribution in [2.75, 3.05) is 19.7 Å². The van der Waals surface area contributed by atoms with Gasteiger partial charge in [-0.15, -0.1) is 0 Å². The summed E-state index contributed by atoms with van der Waals surface area (Å²) in [6.07, 6.45) is 1.95.